The molecule has 2 unspecified atom stereocenters. The Morgan fingerprint density at radius 2 is 1.86 bits per heavy atom. The van der Waals surface area contributed by atoms with Gasteiger partial charge in [0.1, 0.15) is 12.3 Å². The standard InChI is InChI=1S/C31H48N2O3/c1-11-23(6)29(26(12-2)16-22(5)19-34)33-27-17-25(14-13-24(27)7)18-32-28(15-21(3)4)30(35)36-20-31(8,9)10/h12-14,16-17,19,21,23,28,32H,11,15,18,20H2,1-10H3/b22-16-,26-12+,33-29?. The maximum absolute atomic E-state index is 12.8. The molecule has 1 aromatic rings. The van der Waals surface area contributed by atoms with Gasteiger partial charge in [0.2, 0.25) is 0 Å². The van der Waals surface area contributed by atoms with Gasteiger partial charge in [-0.25, -0.2) is 0 Å². The van der Waals surface area contributed by atoms with Gasteiger partial charge < -0.3 is 10.1 Å². The summed E-state index contributed by atoms with van der Waals surface area (Å²) in [5.74, 6) is 0.405. The van der Waals surface area contributed by atoms with Crippen molar-refractivity contribution in [3.05, 3.63) is 52.6 Å². The molecule has 5 heteroatoms. The smallest absolute Gasteiger partial charge is 0.323 e. The molecular formula is C31H48N2O3. The van der Waals surface area contributed by atoms with Crippen LogP contribution in [0.25, 0.3) is 0 Å². The summed E-state index contributed by atoms with van der Waals surface area (Å²) < 4.78 is 5.61. The largest absolute Gasteiger partial charge is 0.464 e. The highest BCUT2D eigenvalue weighted by Gasteiger charge is 2.23. The maximum atomic E-state index is 12.8. The van der Waals surface area contributed by atoms with E-state index in [1.165, 1.54) is 0 Å². The van der Waals surface area contributed by atoms with Crippen LogP contribution in [0.4, 0.5) is 5.69 Å². The number of nitrogens with one attached hydrogen (secondary N) is 1. The van der Waals surface area contributed by atoms with E-state index < -0.39 is 0 Å². The molecule has 0 spiro atoms. The second kappa shape index (κ2) is 14.9. The molecule has 0 aliphatic carbocycles. The molecule has 1 rings (SSSR count). The lowest BCUT2D eigenvalue weighted by atomic mass is 9.94. The van der Waals surface area contributed by atoms with E-state index in [2.05, 4.69) is 78.9 Å². The SMILES string of the molecule is C/C=C(\C=C(\C)C=O)C(=Nc1cc(CNC(CC(C)C)C(=O)OCC(C)(C)C)ccc1C)C(C)CC. The Morgan fingerprint density at radius 1 is 1.19 bits per heavy atom. The molecule has 0 amide bonds. The summed E-state index contributed by atoms with van der Waals surface area (Å²) in [5, 5.41) is 3.42. The van der Waals surface area contributed by atoms with Crippen molar-refractivity contribution < 1.29 is 14.3 Å². The van der Waals surface area contributed by atoms with E-state index >= 15 is 0 Å². The summed E-state index contributed by atoms with van der Waals surface area (Å²) in [6.45, 7) is 21.5. The lowest BCUT2D eigenvalue weighted by Crippen LogP contribution is -2.39. The minimum atomic E-state index is -0.359. The highest BCUT2D eigenvalue weighted by Crippen LogP contribution is 2.25. The van der Waals surface area contributed by atoms with Crippen LogP contribution in [0.3, 0.4) is 0 Å². The second-order valence-electron chi connectivity index (χ2n) is 11.4. The average molecular weight is 497 g/mol. The van der Waals surface area contributed by atoms with E-state index in [1.54, 1.807) is 0 Å². The molecule has 5 nitrogen and oxygen atoms in total. The number of hydrogen-bond acceptors (Lipinski definition) is 5. The van der Waals surface area contributed by atoms with Gasteiger partial charge in [-0.2, -0.15) is 0 Å². The normalized spacial score (nSPS) is 15.1. The Balaban J connectivity index is 3.23. The zero-order chi connectivity index (χ0) is 27.5. The van der Waals surface area contributed by atoms with Gasteiger partial charge in [0.15, 0.2) is 0 Å². The highest BCUT2D eigenvalue weighted by molar-refractivity contribution is 6.06. The highest BCUT2D eigenvalue weighted by atomic mass is 16.5. The lowest BCUT2D eigenvalue weighted by Gasteiger charge is -2.23. The zero-order valence-corrected chi connectivity index (χ0v) is 24.2. The quantitative estimate of drug-likeness (QED) is 0.102. The van der Waals surface area contributed by atoms with Crippen molar-refractivity contribution in [1.82, 2.24) is 5.32 Å². The Labute approximate surface area is 219 Å². The number of carbonyl (C=O) groups is 2. The molecule has 0 bridgehead atoms. The Hall–Kier alpha value is -2.53. The van der Waals surface area contributed by atoms with Crippen molar-refractivity contribution in [1.29, 1.82) is 0 Å². The zero-order valence-electron chi connectivity index (χ0n) is 24.2. The third-order valence-corrected chi connectivity index (χ3v) is 5.96. The molecule has 0 aliphatic rings. The fourth-order valence-electron chi connectivity index (χ4n) is 3.62. The Bertz CT molecular complexity index is 965. The summed E-state index contributed by atoms with van der Waals surface area (Å²) in [7, 11) is 0. The van der Waals surface area contributed by atoms with Gasteiger partial charge in [-0.1, -0.05) is 66.7 Å². The molecule has 0 heterocycles. The van der Waals surface area contributed by atoms with Crippen LogP contribution in [-0.2, 0) is 20.9 Å². The summed E-state index contributed by atoms with van der Waals surface area (Å²) >= 11 is 0. The van der Waals surface area contributed by atoms with Crippen LogP contribution < -0.4 is 5.32 Å². The number of aldehydes is 1. The number of aliphatic imine (C=N–C) groups is 1. The van der Waals surface area contributed by atoms with E-state index in [0.717, 1.165) is 40.8 Å². The molecule has 36 heavy (non-hydrogen) atoms. The number of rotatable bonds is 13. The van der Waals surface area contributed by atoms with Gasteiger partial charge in [-0.3, -0.25) is 14.6 Å². The predicted molar refractivity (Wildman–Crippen MR) is 152 cm³/mol. The van der Waals surface area contributed by atoms with E-state index in [-0.39, 0.29) is 23.3 Å². The van der Waals surface area contributed by atoms with Crippen LogP contribution in [0.1, 0.15) is 86.3 Å². The second-order valence-corrected chi connectivity index (χ2v) is 11.4. The lowest BCUT2D eigenvalue weighted by molar-refractivity contribution is -0.149. The predicted octanol–water partition coefficient (Wildman–Crippen LogP) is 7.30. The van der Waals surface area contributed by atoms with E-state index in [9.17, 15) is 9.59 Å². The number of allylic oxidation sites excluding steroid dienone is 4. The van der Waals surface area contributed by atoms with Crippen molar-refractivity contribution in [2.45, 2.75) is 94.7 Å². The molecule has 0 aliphatic heterocycles. The first-order valence-electron chi connectivity index (χ1n) is 13.2. The van der Waals surface area contributed by atoms with Crippen molar-refractivity contribution in [3.8, 4) is 0 Å². The van der Waals surface area contributed by atoms with Gasteiger partial charge in [-0.05, 0) is 85.3 Å². The molecule has 2 atom stereocenters. The van der Waals surface area contributed by atoms with Gasteiger partial charge in [-0.15, -0.1) is 0 Å². The molecule has 1 aromatic carbocycles. The summed E-state index contributed by atoms with van der Waals surface area (Å²) in [4.78, 5) is 29.1. The minimum absolute atomic E-state index is 0.0690. The van der Waals surface area contributed by atoms with Crippen LogP contribution in [0.5, 0.6) is 0 Å². The molecule has 200 valence electrons. The fraction of sp³-hybridized carbons (Fsp3) is 0.581. The van der Waals surface area contributed by atoms with Crippen LogP contribution in [0.15, 0.2) is 46.5 Å². The number of carbonyl (C=O) groups excluding carboxylic acids is 2. The number of hydrogen-bond donors (Lipinski definition) is 1. The van der Waals surface area contributed by atoms with Crippen LogP contribution in [0, 0.1) is 24.2 Å². The molecule has 0 radical (unpaired) electrons. The van der Waals surface area contributed by atoms with E-state index in [0.29, 0.717) is 31.1 Å². The molecular weight excluding hydrogens is 448 g/mol. The molecule has 1 N–H and O–H groups in total. The number of ether oxygens (including phenoxy) is 1. The number of esters is 1. The Kier molecular flexibility index (Phi) is 13.0. The summed E-state index contributed by atoms with van der Waals surface area (Å²) in [6, 6.07) is 5.87. The first-order chi connectivity index (χ1) is 16.8. The van der Waals surface area contributed by atoms with Gasteiger partial charge >= 0.3 is 5.97 Å². The Morgan fingerprint density at radius 3 is 2.39 bits per heavy atom. The van der Waals surface area contributed by atoms with Crippen molar-refractivity contribution >= 4 is 23.7 Å². The molecule has 0 saturated carbocycles. The maximum Gasteiger partial charge on any atom is 0.323 e. The third-order valence-electron chi connectivity index (χ3n) is 5.96. The first-order valence-corrected chi connectivity index (χ1v) is 13.2. The molecule has 0 aromatic heterocycles. The average Bonchev–Trinajstić information content (AvgIpc) is 2.82. The third kappa shape index (κ3) is 11.0. The topological polar surface area (TPSA) is 67.8 Å². The summed E-state index contributed by atoms with van der Waals surface area (Å²) in [5.41, 5.74) is 5.57. The van der Waals surface area contributed by atoms with Gasteiger partial charge in [0, 0.05) is 6.54 Å². The number of benzene rings is 1. The van der Waals surface area contributed by atoms with Crippen LogP contribution in [-0.4, -0.2) is 30.6 Å². The number of aryl methyl sites for hydroxylation is 1. The first kappa shape index (κ1) is 31.5. The van der Waals surface area contributed by atoms with Crippen LogP contribution in [0.2, 0.25) is 0 Å². The van der Waals surface area contributed by atoms with Crippen LogP contribution >= 0.6 is 0 Å². The molecule has 0 fully saturated rings. The van der Waals surface area contributed by atoms with Gasteiger partial charge in [0.05, 0.1) is 18.0 Å². The van der Waals surface area contributed by atoms with Crippen molar-refractivity contribution in [2.75, 3.05) is 6.61 Å². The van der Waals surface area contributed by atoms with E-state index in [1.807, 2.05) is 26.0 Å². The monoisotopic (exact) mass is 496 g/mol. The molecule has 0 saturated heterocycles. The van der Waals surface area contributed by atoms with Crippen molar-refractivity contribution in [2.24, 2.45) is 22.2 Å². The summed E-state index contributed by atoms with van der Waals surface area (Å²) in [6.07, 6.45) is 6.44. The van der Waals surface area contributed by atoms with Crippen molar-refractivity contribution in [3.63, 3.8) is 0 Å². The van der Waals surface area contributed by atoms with E-state index in [4.69, 9.17) is 9.73 Å². The minimum Gasteiger partial charge on any atom is -0.464 e. The van der Waals surface area contributed by atoms with Gasteiger partial charge in [0.25, 0.3) is 0 Å². The fourth-order valence-corrected chi connectivity index (χ4v) is 3.62. The number of nitrogens with zero attached hydrogens (tertiary/aromatic N) is 1.